The molecule has 0 aliphatic carbocycles. The molecule has 2 atom stereocenters. The van der Waals surface area contributed by atoms with Gasteiger partial charge in [0.25, 0.3) is 17.7 Å². The van der Waals surface area contributed by atoms with Crippen LogP contribution >= 0.6 is 0 Å². The van der Waals surface area contributed by atoms with E-state index in [1.54, 1.807) is 18.2 Å². The second-order valence-electron chi connectivity index (χ2n) is 10.3. The zero-order valence-corrected chi connectivity index (χ0v) is 26.4. The first kappa shape index (κ1) is 35.2. The number of esters is 2. The molecule has 0 bridgehead atoms. The van der Waals surface area contributed by atoms with Crippen molar-refractivity contribution in [1.29, 1.82) is 0 Å². The van der Waals surface area contributed by atoms with Crippen LogP contribution in [0.25, 0.3) is 0 Å². The summed E-state index contributed by atoms with van der Waals surface area (Å²) in [6, 6.07) is 23.8. The van der Waals surface area contributed by atoms with Crippen LogP contribution in [0.3, 0.4) is 0 Å². The first-order valence-corrected chi connectivity index (χ1v) is 14.5. The second-order valence-corrected chi connectivity index (χ2v) is 10.3. The number of aliphatic carboxylic acids is 1. The minimum Gasteiger partial charge on any atom is -0.497 e. The molecule has 49 heavy (non-hydrogen) atoms. The van der Waals surface area contributed by atoms with Crippen molar-refractivity contribution < 1.29 is 52.8 Å². The number of methoxy groups -OCH3 is 2. The lowest BCUT2D eigenvalue weighted by Gasteiger charge is -2.23. The fourth-order valence-corrected chi connectivity index (χ4v) is 4.32. The van der Waals surface area contributed by atoms with Gasteiger partial charge in [-0.25, -0.2) is 14.4 Å². The third-order valence-electron chi connectivity index (χ3n) is 6.84. The van der Waals surface area contributed by atoms with Crippen LogP contribution in [0.5, 0.6) is 11.5 Å². The molecule has 0 saturated carbocycles. The van der Waals surface area contributed by atoms with E-state index in [0.29, 0.717) is 11.3 Å². The zero-order chi connectivity index (χ0) is 35.5. The van der Waals surface area contributed by atoms with Gasteiger partial charge in [0.1, 0.15) is 11.5 Å². The van der Waals surface area contributed by atoms with E-state index in [9.17, 15) is 33.9 Å². The predicted octanol–water partition coefficient (Wildman–Crippen LogP) is 3.56. The van der Waals surface area contributed by atoms with Crippen LogP contribution in [0.1, 0.15) is 47.0 Å². The van der Waals surface area contributed by atoms with Crippen LogP contribution in [0, 0.1) is 6.92 Å². The number of rotatable bonds is 12. The number of benzene rings is 4. The standard InChI is InChI=1S/C35H31N3O11/c1-20-7-4-8-22(17-20)30(39)36-25-15-13-21(14-16-25)31(40)37-38-32(41)28(48-34(44)23-9-5-11-26(18-23)46-2)29(33(42)43)49-35(45)24-10-6-12-27(19-24)47-3/h4-19,28-29H,1-3H3,(H,36,39)(H,37,40)(H,38,41)(H,42,43)/t28-,29-/m1/s1. The van der Waals surface area contributed by atoms with Crippen LogP contribution < -0.4 is 25.6 Å². The molecule has 4 aromatic carbocycles. The minimum atomic E-state index is -2.36. The molecule has 3 amide bonds. The molecule has 0 radical (unpaired) electrons. The van der Waals surface area contributed by atoms with Crippen LogP contribution in [0.4, 0.5) is 5.69 Å². The van der Waals surface area contributed by atoms with Crippen molar-refractivity contribution >= 4 is 41.3 Å². The average Bonchev–Trinajstić information content (AvgIpc) is 3.11. The fourth-order valence-electron chi connectivity index (χ4n) is 4.32. The van der Waals surface area contributed by atoms with E-state index < -0.39 is 41.9 Å². The largest absolute Gasteiger partial charge is 0.497 e. The number of nitrogens with one attached hydrogen (secondary N) is 3. The first-order valence-electron chi connectivity index (χ1n) is 14.5. The number of carboxylic acid groups (broad SMARTS) is 1. The Morgan fingerprint density at radius 1 is 0.592 bits per heavy atom. The molecule has 252 valence electrons. The molecule has 4 N–H and O–H groups in total. The number of ether oxygens (including phenoxy) is 4. The van der Waals surface area contributed by atoms with E-state index in [1.807, 2.05) is 18.4 Å². The van der Waals surface area contributed by atoms with E-state index in [1.165, 1.54) is 87.0 Å². The van der Waals surface area contributed by atoms with Gasteiger partial charge in [-0.05, 0) is 79.7 Å². The average molecular weight is 670 g/mol. The van der Waals surface area contributed by atoms with Crippen molar-refractivity contribution in [2.75, 3.05) is 19.5 Å². The van der Waals surface area contributed by atoms with Gasteiger partial charge < -0.3 is 29.4 Å². The number of hydrogen-bond donors (Lipinski definition) is 4. The third kappa shape index (κ3) is 9.42. The molecule has 4 aromatic rings. The molecule has 14 heteroatoms. The summed E-state index contributed by atoms with van der Waals surface area (Å²) < 4.78 is 20.6. The quantitative estimate of drug-likeness (QED) is 0.127. The molecular formula is C35H31N3O11. The van der Waals surface area contributed by atoms with Crippen molar-refractivity contribution in [1.82, 2.24) is 10.9 Å². The van der Waals surface area contributed by atoms with E-state index in [0.717, 1.165) is 5.56 Å². The molecule has 0 aliphatic rings. The monoisotopic (exact) mass is 669 g/mol. The SMILES string of the molecule is COc1cccc(C(=O)O[C@@H](C(=O)O)[C@@H](OC(=O)c2cccc(OC)c2)C(=O)NNC(=O)c2ccc(NC(=O)c3cccc(C)c3)cc2)c1. The molecule has 4 rings (SSSR count). The normalized spacial score (nSPS) is 11.6. The molecule has 0 unspecified atom stereocenters. The Kier molecular flexibility index (Phi) is 11.6. The molecule has 0 heterocycles. The second kappa shape index (κ2) is 16.2. The lowest BCUT2D eigenvalue weighted by atomic mass is 10.1. The van der Waals surface area contributed by atoms with Gasteiger partial charge in [0, 0.05) is 16.8 Å². The third-order valence-corrected chi connectivity index (χ3v) is 6.84. The van der Waals surface area contributed by atoms with E-state index in [4.69, 9.17) is 18.9 Å². The minimum absolute atomic E-state index is 0.0398. The summed E-state index contributed by atoms with van der Waals surface area (Å²) in [6.45, 7) is 1.85. The van der Waals surface area contributed by atoms with Gasteiger partial charge in [0.15, 0.2) is 0 Å². The lowest BCUT2D eigenvalue weighted by molar-refractivity contribution is -0.159. The highest BCUT2D eigenvalue weighted by molar-refractivity contribution is 6.05. The Bertz CT molecular complexity index is 1870. The van der Waals surface area contributed by atoms with Crippen molar-refractivity contribution in [2.45, 2.75) is 19.1 Å². The maximum Gasteiger partial charge on any atom is 0.349 e. The zero-order valence-electron chi connectivity index (χ0n) is 26.4. The Morgan fingerprint density at radius 2 is 1.12 bits per heavy atom. The van der Waals surface area contributed by atoms with Crippen LogP contribution in [-0.2, 0) is 19.1 Å². The summed E-state index contributed by atoms with van der Waals surface area (Å²) in [4.78, 5) is 77.0. The van der Waals surface area contributed by atoms with Crippen LogP contribution in [0.15, 0.2) is 97.1 Å². The number of amides is 3. The summed E-state index contributed by atoms with van der Waals surface area (Å²) in [5.74, 6) is -6.16. The number of carboxylic acids is 1. The van der Waals surface area contributed by atoms with Crippen molar-refractivity contribution in [2.24, 2.45) is 0 Å². The number of hydrogen-bond acceptors (Lipinski definition) is 10. The highest BCUT2D eigenvalue weighted by Gasteiger charge is 2.41. The van der Waals surface area contributed by atoms with Crippen molar-refractivity contribution in [3.63, 3.8) is 0 Å². The van der Waals surface area contributed by atoms with E-state index >= 15 is 0 Å². The Hall–Kier alpha value is -6.70. The van der Waals surface area contributed by atoms with Gasteiger partial charge >= 0.3 is 17.9 Å². The number of anilines is 1. The lowest BCUT2D eigenvalue weighted by Crippen LogP contribution is -2.54. The number of hydrazine groups is 1. The van der Waals surface area contributed by atoms with Gasteiger partial charge in [-0.3, -0.25) is 25.2 Å². The maximum atomic E-state index is 13.3. The number of carbonyl (C=O) groups excluding carboxylic acids is 5. The highest BCUT2D eigenvalue weighted by Crippen LogP contribution is 2.19. The summed E-state index contributed by atoms with van der Waals surface area (Å²) in [5, 5.41) is 12.7. The molecule has 0 spiro atoms. The number of carbonyl (C=O) groups is 6. The fraction of sp³-hybridized carbons (Fsp3) is 0.143. The molecule has 0 saturated heterocycles. The van der Waals surface area contributed by atoms with Gasteiger partial charge in [0.05, 0.1) is 25.3 Å². The van der Waals surface area contributed by atoms with Gasteiger partial charge in [-0.2, -0.15) is 0 Å². The first-order chi connectivity index (χ1) is 23.5. The number of aryl methyl sites for hydroxylation is 1. The van der Waals surface area contributed by atoms with Gasteiger partial charge in [-0.15, -0.1) is 0 Å². The molecular weight excluding hydrogens is 638 g/mol. The Balaban J connectivity index is 1.50. The molecule has 0 fully saturated rings. The van der Waals surface area contributed by atoms with Crippen LogP contribution in [-0.4, -0.2) is 67.2 Å². The summed E-state index contributed by atoms with van der Waals surface area (Å²) in [6.07, 6.45) is -4.65. The van der Waals surface area contributed by atoms with E-state index in [-0.39, 0.29) is 34.1 Å². The van der Waals surface area contributed by atoms with Gasteiger partial charge in [0.2, 0.25) is 12.2 Å². The Labute approximate surface area is 279 Å². The van der Waals surface area contributed by atoms with E-state index in [2.05, 4.69) is 10.7 Å². The van der Waals surface area contributed by atoms with Crippen molar-refractivity contribution in [3.8, 4) is 11.5 Å². The summed E-state index contributed by atoms with van der Waals surface area (Å²) in [5.41, 5.74) is 5.68. The summed E-state index contributed by atoms with van der Waals surface area (Å²) in [7, 11) is 2.72. The predicted molar refractivity (Wildman–Crippen MR) is 173 cm³/mol. The Morgan fingerprint density at radius 3 is 1.65 bits per heavy atom. The van der Waals surface area contributed by atoms with Crippen LogP contribution in [0.2, 0.25) is 0 Å². The maximum absolute atomic E-state index is 13.3. The van der Waals surface area contributed by atoms with Crippen molar-refractivity contribution in [3.05, 3.63) is 125 Å². The molecule has 0 aliphatic heterocycles. The smallest absolute Gasteiger partial charge is 0.349 e. The van der Waals surface area contributed by atoms with Gasteiger partial charge in [-0.1, -0.05) is 29.8 Å². The summed E-state index contributed by atoms with van der Waals surface area (Å²) >= 11 is 0. The topological polar surface area (TPSA) is 196 Å². The molecule has 14 nitrogen and oxygen atoms in total. The molecule has 0 aromatic heterocycles. The highest BCUT2D eigenvalue weighted by atomic mass is 16.6.